The summed E-state index contributed by atoms with van der Waals surface area (Å²) in [5.74, 6) is -0.393. The Hall–Kier alpha value is -1.14. The second-order valence-electron chi connectivity index (χ2n) is 5.28. The maximum atomic E-state index is 13.8. The van der Waals surface area contributed by atoms with Gasteiger partial charge in [-0.2, -0.15) is 13.2 Å². The molecule has 0 spiro atoms. The van der Waals surface area contributed by atoms with Crippen LogP contribution < -0.4 is 5.32 Å². The second-order valence-corrected chi connectivity index (χ2v) is 5.28. The number of rotatable bonds is 8. The van der Waals surface area contributed by atoms with Gasteiger partial charge in [-0.3, -0.25) is 0 Å². The average molecular weight is 305 g/mol. The summed E-state index contributed by atoms with van der Waals surface area (Å²) in [6, 6.07) is 6.64. The first-order chi connectivity index (χ1) is 9.96. The number of halogens is 4. The predicted octanol–water partition coefficient (Wildman–Crippen LogP) is 3.98. The van der Waals surface area contributed by atoms with E-state index in [2.05, 4.69) is 5.32 Å². The molecule has 118 valence electrons. The van der Waals surface area contributed by atoms with Crippen molar-refractivity contribution >= 4 is 0 Å². The van der Waals surface area contributed by atoms with Crippen LogP contribution in [0.2, 0.25) is 0 Å². The summed E-state index contributed by atoms with van der Waals surface area (Å²) in [6.07, 6.45) is -3.57. The minimum absolute atomic E-state index is 0.0368. The molecule has 1 aromatic rings. The minimum Gasteiger partial charge on any atom is -0.372 e. The Morgan fingerprint density at radius 2 is 1.95 bits per heavy atom. The van der Waals surface area contributed by atoms with Gasteiger partial charge in [-0.05, 0) is 25.3 Å². The van der Waals surface area contributed by atoms with Gasteiger partial charge in [0.05, 0.1) is 6.10 Å². The highest BCUT2D eigenvalue weighted by molar-refractivity contribution is 5.20. The molecule has 1 N–H and O–H groups in total. The van der Waals surface area contributed by atoms with Gasteiger partial charge in [-0.25, -0.2) is 4.39 Å². The normalized spacial score (nSPS) is 17.0. The van der Waals surface area contributed by atoms with Gasteiger partial charge < -0.3 is 10.1 Å². The Kier molecular flexibility index (Phi) is 5.58. The standard InChI is InChI=1S/C15H19F4NO/c16-13-5-2-1-4-12(13)14(10-20-11-6-7-11)21-9-3-8-15(17,18)19/h1-2,4-5,11,14,20H,3,6-10H2. The molecule has 1 aliphatic carbocycles. The van der Waals surface area contributed by atoms with Crippen LogP contribution in [-0.2, 0) is 4.74 Å². The Morgan fingerprint density at radius 3 is 2.57 bits per heavy atom. The lowest BCUT2D eigenvalue weighted by atomic mass is 10.1. The molecule has 0 saturated heterocycles. The number of alkyl halides is 3. The highest BCUT2D eigenvalue weighted by Crippen LogP contribution is 2.25. The van der Waals surface area contributed by atoms with E-state index in [9.17, 15) is 17.6 Å². The Balaban J connectivity index is 1.87. The molecule has 2 nitrogen and oxygen atoms in total. The van der Waals surface area contributed by atoms with Crippen molar-refractivity contribution < 1.29 is 22.3 Å². The molecule has 1 aromatic carbocycles. The zero-order valence-corrected chi connectivity index (χ0v) is 11.6. The molecule has 0 radical (unpaired) electrons. The van der Waals surface area contributed by atoms with Crippen LogP contribution in [-0.4, -0.2) is 25.4 Å². The van der Waals surface area contributed by atoms with E-state index in [1.807, 2.05) is 0 Å². The van der Waals surface area contributed by atoms with E-state index in [-0.39, 0.29) is 13.0 Å². The Morgan fingerprint density at radius 1 is 1.24 bits per heavy atom. The summed E-state index contributed by atoms with van der Waals surface area (Å²) in [4.78, 5) is 0. The molecule has 0 aliphatic heterocycles. The largest absolute Gasteiger partial charge is 0.389 e. The maximum Gasteiger partial charge on any atom is 0.389 e. The van der Waals surface area contributed by atoms with Crippen LogP contribution in [0.4, 0.5) is 17.6 Å². The fourth-order valence-electron chi connectivity index (χ4n) is 2.05. The van der Waals surface area contributed by atoms with Crippen molar-refractivity contribution in [3.8, 4) is 0 Å². The van der Waals surface area contributed by atoms with Crippen LogP contribution in [0.3, 0.4) is 0 Å². The first-order valence-electron chi connectivity index (χ1n) is 7.12. The lowest BCUT2D eigenvalue weighted by molar-refractivity contribution is -0.139. The number of hydrogen-bond acceptors (Lipinski definition) is 2. The van der Waals surface area contributed by atoms with Gasteiger partial charge in [-0.1, -0.05) is 18.2 Å². The van der Waals surface area contributed by atoms with Crippen molar-refractivity contribution in [1.82, 2.24) is 5.32 Å². The molecule has 0 amide bonds. The predicted molar refractivity (Wildman–Crippen MR) is 71.4 cm³/mol. The van der Waals surface area contributed by atoms with Crippen LogP contribution in [0.5, 0.6) is 0 Å². The molecular weight excluding hydrogens is 286 g/mol. The van der Waals surface area contributed by atoms with Crippen molar-refractivity contribution in [2.75, 3.05) is 13.2 Å². The third kappa shape index (κ3) is 6.01. The summed E-state index contributed by atoms with van der Waals surface area (Å²) >= 11 is 0. The first-order valence-corrected chi connectivity index (χ1v) is 7.12. The quantitative estimate of drug-likeness (QED) is 0.579. The molecule has 1 atom stereocenters. The zero-order chi connectivity index (χ0) is 15.3. The van der Waals surface area contributed by atoms with Crippen LogP contribution in [0, 0.1) is 5.82 Å². The van der Waals surface area contributed by atoms with E-state index < -0.39 is 24.5 Å². The van der Waals surface area contributed by atoms with Gasteiger partial charge in [-0.15, -0.1) is 0 Å². The van der Waals surface area contributed by atoms with Crippen LogP contribution in [0.25, 0.3) is 0 Å². The highest BCUT2D eigenvalue weighted by Gasteiger charge is 2.27. The molecule has 21 heavy (non-hydrogen) atoms. The van der Waals surface area contributed by atoms with E-state index in [0.29, 0.717) is 18.2 Å². The molecule has 1 aliphatic rings. The molecule has 1 unspecified atom stereocenters. The molecule has 1 saturated carbocycles. The van der Waals surface area contributed by atoms with Crippen LogP contribution >= 0.6 is 0 Å². The summed E-state index contributed by atoms with van der Waals surface area (Å²) in [5.41, 5.74) is 0.387. The van der Waals surface area contributed by atoms with Crippen molar-refractivity contribution in [2.45, 2.75) is 44.0 Å². The van der Waals surface area contributed by atoms with Gasteiger partial charge >= 0.3 is 6.18 Å². The molecular formula is C15H19F4NO. The van der Waals surface area contributed by atoms with Gasteiger partial charge in [0.2, 0.25) is 0 Å². The number of hydrogen-bond donors (Lipinski definition) is 1. The summed E-state index contributed by atoms with van der Waals surface area (Å²) in [5, 5.41) is 3.23. The Labute approximate surface area is 121 Å². The van der Waals surface area contributed by atoms with Crippen molar-refractivity contribution in [3.63, 3.8) is 0 Å². The molecule has 0 heterocycles. The maximum absolute atomic E-state index is 13.8. The highest BCUT2D eigenvalue weighted by atomic mass is 19.4. The zero-order valence-electron chi connectivity index (χ0n) is 11.6. The Bertz CT molecular complexity index is 446. The second kappa shape index (κ2) is 7.22. The van der Waals surface area contributed by atoms with Gasteiger partial charge in [0.15, 0.2) is 0 Å². The van der Waals surface area contributed by atoms with Gasteiger partial charge in [0.1, 0.15) is 5.82 Å². The van der Waals surface area contributed by atoms with Crippen molar-refractivity contribution in [3.05, 3.63) is 35.6 Å². The van der Waals surface area contributed by atoms with Gasteiger partial charge in [0.25, 0.3) is 0 Å². The van der Waals surface area contributed by atoms with Gasteiger partial charge in [0, 0.05) is 31.2 Å². The number of nitrogens with one attached hydrogen (secondary N) is 1. The van der Waals surface area contributed by atoms with Crippen molar-refractivity contribution in [2.24, 2.45) is 0 Å². The first kappa shape index (κ1) is 16.2. The summed E-state index contributed by atoms with van der Waals surface area (Å²) in [6.45, 7) is 0.377. The fourth-order valence-corrected chi connectivity index (χ4v) is 2.05. The fraction of sp³-hybridized carbons (Fsp3) is 0.600. The summed E-state index contributed by atoms with van der Waals surface area (Å²) < 4.78 is 55.6. The number of benzene rings is 1. The van der Waals surface area contributed by atoms with Crippen LogP contribution in [0.1, 0.15) is 37.4 Å². The molecule has 1 fully saturated rings. The van der Waals surface area contributed by atoms with E-state index in [1.54, 1.807) is 18.2 Å². The van der Waals surface area contributed by atoms with Crippen LogP contribution in [0.15, 0.2) is 24.3 Å². The topological polar surface area (TPSA) is 21.3 Å². The number of ether oxygens (including phenoxy) is 1. The molecule has 2 rings (SSSR count). The van der Waals surface area contributed by atoms with E-state index in [1.165, 1.54) is 6.07 Å². The third-order valence-corrected chi connectivity index (χ3v) is 3.34. The summed E-state index contributed by atoms with van der Waals surface area (Å²) in [7, 11) is 0. The average Bonchev–Trinajstić information content (AvgIpc) is 3.22. The molecule has 6 heteroatoms. The third-order valence-electron chi connectivity index (χ3n) is 3.34. The van der Waals surface area contributed by atoms with E-state index in [0.717, 1.165) is 12.8 Å². The monoisotopic (exact) mass is 305 g/mol. The minimum atomic E-state index is -4.18. The lowest BCUT2D eigenvalue weighted by Gasteiger charge is -2.20. The van der Waals surface area contributed by atoms with E-state index >= 15 is 0 Å². The smallest absolute Gasteiger partial charge is 0.372 e. The van der Waals surface area contributed by atoms with E-state index in [4.69, 9.17) is 4.74 Å². The van der Waals surface area contributed by atoms with Crippen molar-refractivity contribution in [1.29, 1.82) is 0 Å². The SMILES string of the molecule is Fc1ccccc1C(CNC1CC1)OCCCC(F)(F)F. The molecule has 0 bridgehead atoms. The lowest BCUT2D eigenvalue weighted by Crippen LogP contribution is -2.26. The molecule has 0 aromatic heterocycles.